The molecule has 6 heteroatoms. The highest BCUT2D eigenvalue weighted by Crippen LogP contribution is 2.26. The van der Waals surface area contributed by atoms with Crippen molar-refractivity contribution in [2.45, 2.75) is 92.5 Å². The Bertz CT molecular complexity index is 338. The SMILES string of the molecule is CC.CC.CC.CC.CN1CC2CC1CO2.CN1CC2CC1CO2.CN1CCOCC1. The molecule has 4 atom stereocenters. The molecule has 0 amide bonds. The van der Waals surface area contributed by atoms with Gasteiger partial charge in [0.05, 0.1) is 38.6 Å². The Morgan fingerprint density at radius 3 is 1.06 bits per heavy atom. The summed E-state index contributed by atoms with van der Waals surface area (Å²) in [6.45, 7) is 24.3. The molecular formula is C25H57N3O3. The minimum Gasteiger partial charge on any atom is -0.379 e. The van der Waals surface area contributed by atoms with Crippen LogP contribution in [0.4, 0.5) is 0 Å². The van der Waals surface area contributed by atoms with E-state index in [2.05, 4.69) is 35.8 Å². The lowest BCUT2D eigenvalue weighted by atomic mass is 10.2. The number of fused-ring (bicyclic) bond motifs is 4. The first-order valence-electron chi connectivity index (χ1n) is 13.0. The van der Waals surface area contributed by atoms with Gasteiger partial charge in [-0.25, -0.2) is 0 Å². The first kappa shape index (κ1) is 32.9. The van der Waals surface area contributed by atoms with Crippen LogP contribution in [-0.4, -0.2) is 113 Å². The molecule has 4 bridgehead atoms. The highest BCUT2D eigenvalue weighted by atomic mass is 16.5. The second kappa shape index (κ2) is 21.6. The van der Waals surface area contributed by atoms with Crippen LogP contribution in [0.15, 0.2) is 0 Å². The molecule has 0 aromatic carbocycles. The highest BCUT2D eigenvalue weighted by Gasteiger charge is 2.36. The lowest BCUT2D eigenvalue weighted by Gasteiger charge is -2.21. The lowest BCUT2D eigenvalue weighted by molar-refractivity contribution is 0.0415. The van der Waals surface area contributed by atoms with Crippen molar-refractivity contribution in [2.75, 3.05) is 73.7 Å². The van der Waals surface area contributed by atoms with Gasteiger partial charge in [-0.1, -0.05) is 55.4 Å². The Balaban J connectivity index is 0. The van der Waals surface area contributed by atoms with Gasteiger partial charge in [-0.05, 0) is 34.0 Å². The largest absolute Gasteiger partial charge is 0.379 e. The first-order valence-corrected chi connectivity index (χ1v) is 13.0. The van der Waals surface area contributed by atoms with Gasteiger partial charge in [0.15, 0.2) is 0 Å². The van der Waals surface area contributed by atoms with Gasteiger partial charge in [0.25, 0.3) is 0 Å². The average molecular weight is 448 g/mol. The van der Waals surface area contributed by atoms with Crippen molar-refractivity contribution in [1.29, 1.82) is 0 Å². The maximum Gasteiger partial charge on any atom is 0.0718 e. The number of nitrogens with zero attached hydrogens (tertiary/aromatic N) is 3. The molecule has 5 aliphatic rings. The van der Waals surface area contributed by atoms with Crippen molar-refractivity contribution in [3.8, 4) is 0 Å². The summed E-state index contributed by atoms with van der Waals surface area (Å²) in [6, 6.07) is 1.50. The summed E-state index contributed by atoms with van der Waals surface area (Å²) in [5, 5.41) is 0. The van der Waals surface area contributed by atoms with Crippen molar-refractivity contribution < 1.29 is 14.2 Å². The third kappa shape index (κ3) is 13.2. The van der Waals surface area contributed by atoms with Crippen LogP contribution in [-0.2, 0) is 14.2 Å². The van der Waals surface area contributed by atoms with E-state index in [4.69, 9.17) is 14.2 Å². The number of rotatable bonds is 0. The van der Waals surface area contributed by atoms with Crippen LogP contribution >= 0.6 is 0 Å². The molecule has 0 aromatic rings. The number of morpholine rings is 3. The number of hydrogen-bond acceptors (Lipinski definition) is 6. The van der Waals surface area contributed by atoms with Crippen LogP contribution in [0.5, 0.6) is 0 Å². The van der Waals surface area contributed by atoms with Crippen molar-refractivity contribution in [3.05, 3.63) is 0 Å². The van der Waals surface area contributed by atoms with Gasteiger partial charge >= 0.3 is 0 Å². The second-order valence-electron chi connectivity index (χ2n) is 7.48. The Morgan fingerprint density at radius 1 is 0.581 bits per heavy atom. The van der Waals surface area contributed by atoms with Crippen molar-refractivity contribution in [1.82, 2.24) is 14.7 Å². The van der Waals surface area contributed by atoms with E-state index >= 15 is 0 Å². The van der Waals surface area contributed by atoms with Gasteiger partial charge in [-0.15, -0.1) is 0 Å². The zero-order valence-corrected chi connectivity index (χ0v) is 22.9. The van der Waals surface area contributed by atoms with Crippen LogP contribution < -0.4 is 0 Å². The maximum absolute atomic E-state index is 5.38. The third-order valence-corrected chi connectivity index (χ3v) is 5.58. The maximum atomic E-state index is 5.38. The summed E-state index contributed by atoms with van der Waals surface area (Å²) < 4.78 is 15.9. The molecule has 5 rings (SSSR count). The summed E-state index contributed by atoms with van der Waals surface area (Å²) in [4.78, 5) is 7.03. The summed E-state index contributed by atoms with van der Waals surface area (Å²) in [5.74, 6) is 0. The van der Waals surface area contributed by atoms with Crippen LogP contribution in [0.2, 0.25) is 0 Å². The molecule has 0 aromatic heterocycles. The van der Waals surface area contributed by atoms with E-state index in [-0.39, 0.29) is 0 Å². The monoisotopic (exact) mass is 447 g/mol. The smallest absolute Gasteiger partial charge is 0.0718 e. The molecule has 0 aliphatic carbocycles. The van der Waals surface area contributed by atoms with E-state index in [1.807, 2.05) is 55.4 Å². The topological polar surface area (TPSA) is 37.4 Å². The normalized spacial score (nSPS) is 30.3. The van der Waals surface area contributed by atoms with Crippen LogP contribution in [0.3, 0.4) is 0 Å². The van der Waals surface area contributed by atoms with E-state index in [0.717, 1.165) is 64.7 Å². The van der Waals surface area contributed by atoms with E-state index in [9.17, 15) is 0 Å². The standard InChI is InChI=1S/2C6H11NO.C5H11NO.4C2H6/c2*1-7-3-6-2-5(7)4-8-6;1-6-2-4-7-5-3-6;4*1-2/h2*5-6H,2-4H2,1H3;2-5H2,1H3;4*1-2H3. The fraction of sp³-hybridized carbons (Fsp3) is 1.00. The van der Waals surface area contributed by atoms with E-state index in [0.29, 0.717) is 12.2 Å². The molecule has 4 unspecified atom stereocenters. The average Bonchev–Trinajstić information content (AvgIpc) is 3.63. The zero-order valence-electron chi connectivity index (χ0n) is 22.9. The van der Waals surface area contributed by atoms with E-state index in [1.54, 1.807) is 0 Å². The van der Waals surface area contributed by atoms with Crippen LogP contribution in [0, 0.1) is 0 Å². The number of likely N-dealkylation sites (tertiary alicyclic amines) is 2. The molecule has 31 heavy (non-hydrogen) atoms. The predicted octanol–water partition coefficient (Wildman–Crippen LogP) is 4.23. The Hall–Kier alpha value is -0.240. The van der Waals surface area contributed by atoms with E-state index in [1.165, 1.54) is 12.8 Å². The molecule has 190 valence electrons. The molecule has 0 saturated carbocycles. The van der Waals surface area contributed by atoms with Crippen LogP contribution in [0.25, 0.3) is 0 Å². The molecule has 5 saturated heterocycles. The minimum absolute atomic E-state index is 0.574. The van der Waals surface area contributed by atoms with Gasteiger partial charge in [-0.3, -0.25) is 9.80 Å². The minimum atomic E-state index is 0.574. The van der Waals surface area contributed by atoms with Gasteiger partial charge in [0, 0.05) is 38.3 Å². The molecule has 0 N–H and O–H groups in total. The molecule has 0 radical (unpaired) electrons. The van der Waals surface area contributed by atoms with Gasteiger partial charge in [0.2, 0.25) is 0 Å². The summed E-state index contributed by atoms with van der Waals surface area (Å²) in [5.41, 5.74) is 0. The van der Waals surface area contributed by atoms with Crippen LogP contribution in [0.1, 0.15) is 68.2 Å². The number of likely N-dealkylation sites (N-methyl/N-ethyl adjacent to an activating group) is 3. The van der Waals surface area contributed by atoms with Crippen molar-refractivity contribution in [3.63, 3.8) is 0 Å². The quantitative estimate of drug-likeness (QED) is 0.553. The molecule has 0 spiro atoms. The Kier molecular flexibility index (Phi) is 22.9. The number of hydrogen-bond donors (Lipinski definition) is 0. The fourth-order valence-corrected chi connectivity index (χ4v) is 3.84. The number of ether oxygens (including phenoxy) is 3. The summed E-state index contributed by atoms with van der Waals surface area (Å²) in [6.07, 6.45) is 3.70. The lowest BCUT2D eigenvalue weighted by Crippen LogP contribution is -2.33. The van der Waals surface area contributed by atoms with Gasteiger partial charge in [-0.2, -0.15) is 0 Å². The molecule has 6 nitrogen and oxygen atoms in total. The molecule has 5 fully saturated rings. The van der Waals surface area contributed by atoms with Crippen molar-refractivity contribution >= 4 is 0 Å². The first-order chi connectivity index (χ1) is 15.1. The van der Waals surface area contributed by atoms with Gasteiger partial charge < -0.3 is 19.1 Å². The third-order valence-electron chi connectivity index (χ3n) is 5.58. The molecular weight excluding hydrogens is 390 g/mol. The summed E-state index contributed by atoms with van der Waals surface area (Å²) >= 11 is 0. The fourth-order valence-electron chi connectivity index (χ4n) is 3.84. The van der Waals surface area contributed by atoms with Gasteiger partial charge in [0.1, 0.15) is 0 Å². The Morgan fingerprint density at radius 2 is 0.935 bits per heavy atom. The second-order valence-corrected chi connectivity index (χ2v) is 7.48. The van der Waals surface area contributed by atoms with E-state index < -0.39 is 0 Å². The highest BCUT2D eigenvalue weighted by molar-refractivity contribution is 4.89. The summed E-state index contributed by atoms with van der Waals surface area (Å²) in [7, 11) is 6.46. The predicted molar refractivity (Wildman–Crippen MR) is 135 cm³/mol. The Labute approximate surface area is 195 Å². The van der Waals surface area contributed by atoms with Crippen molar-refractivity contribution in [2.24, 2.45) is 0 Å². The zero-order chi connectivity index (χ0) is 24.2. The molecule has 5 heterocycles. The molecule has 5 aliphatic heterocycles.